The second-order valence-electron chi connectivity index (χ2n) is 4.21. The summed E-state index contributed by atoms with van der Waals surface area (Å²) in [5.74, 6) is -1.09. The van der Waals surface area contributed by atoms with Crippen molar-refractivity contribution in [3.8, 4) is 5.75 Å². The maximum atomic E-state index is 12.3. The molecule has 1 unspecified atom stereocenters. The van der Waals surface area contributed by atoms with Crippen LogP contribution in [0.2, 0.25) is 0 Å². The van der Waals surface area contributed by atoms with Gasteiger partial charge in [0, 0.05) is 17.5 Å². The third-order valence-corrected chi connectivity index (χ3v) is 2.75. The molecule has 0 bridgehead atoms. The van der Waals surface area contributed by atoms with E-state index in [1.807, 2.05) is 0 Å². The molecular weight excluding hydrogens is 244 g/mol. The predicted octanol–water partition coefficient (Wildman–Crippen LogP) is 1.98. The Morgan fingerprint density at radius 2 is 2.11 bits per heavy atom. The number of rotatable bonds is 6. The number of hydrogen-bond acceptors (Lipinski definition) is 3. The molecule has 0 aliphatic heterocycles. The first-order chi connectivity index (χ1) is 8.39. The van der Waals surface area contributed by atoms with Gasteiger partial charge in [-0.2, -0.15) is 8.78 Å². The van der Waals surface area contributed by atoms with E-state index in [1.165, 1.54) is 6.07 Å². The second kappa shape index (κ2) is 5.77. The molecule has 1 aromatic rings. The number of carbonyl (C=O) groups is 1. The number of para-hydroxylation sites is 1. The highest BCUT2D eigenvalue weighted by Crippen LogP contribution is 2.34. The monoisotopic (exact) mass is 259 g/mol. The Kier molecular flexibility index (Phi) is 4.61. The van der Waals surface area contributed by atoms with Gasteiger partial charge < -0.3 is 15.6 Å². The molecule has 0 heterocycles. The van der Waals surface area contributed by atoms with Gasteiger partial charge in [-0.1, -0.05) is 25.1 Å². The number of alkyl halides is 2. The molecule has 0 aliphatic carbocycles. The Balaban J connectivity index is 3.15. The fourth-order valence-electron chi connectivity index (χ4n) is 1.78. The maximum Gasteiger partial charge on any atom is 0.387 e. The number of aliphatic carboxylic acids is 1. The largest absolute Gasteiger partial charge is 0.481 e. The van der Waals surface area contributed by atoms with Crippen LogP contribution in [0.1, 0.15) is 18.9 Å². The van der Waals surface area contributed by atoms with Crippen molar-refractivity contribution in [3.63, 3.8) is 0 Å². The van der Waals surface area contributed by atoms with Gasteiger partial charge in [-0.15, -0.1) is 0 Å². The highest BCUT2D eigenvalue weighted by Gasteiger charge is 2.31. The number of ether oxygens (including phenoxy) is 1. The summed E-state index contributed by atoms with van der Waals surface area (Å²) in [5.41, 5.74) is 5.00. The minimum atomic E-state index is -2.96. The van der Waals surface area contributed by atoms with Crippen LogP contribution in [0.5, 0.6) is 5.75 Å². The van der Waals surface area contributed by atoms with Crippen LogP contribution < -0.4 is 10.5 Å². The molecular formula is C12H15F2NO3. The minimum Gasteiger partial charge on any atom is -0.481 e. The number of benzene rings is 1. The van der Waals surface area contributed by atoms with Crippen LogP contribution in [0.3, 0.4) is 0 Å². The van der Waals surface area contributed by atoms with Gasteiger partial charge in [-0.05, 0) is 6.07 Å². The van der Waals surface area contributed by atoms with Crippen LogP contribution in [0, 0.1) is 0 Å². The number of halogens is 2. The lowest BCUT2D eigenvalue weighted by Crippen LogP contribution is -2.35. The molecule has 4 nitrogen and oxygen atoms in total. The summed E-state index contributed by atoms with van der Waals surface area (Å²) in [6.45, 7) is -1.34. The number of carboxylic acid groups (broad SMARTS) is 1. The fraction of sp³-hybridized carbons (Fsp3) is 0.417. The molecule has 0 aliphatic rings. The van der Waals surface area contributed by atoms with Crippen LogP contribution in [0.15, 0.2) is 24.3 Å². The van der Waals surface area contributed by atoms with Crippen molar-refractivity contribution >= 4 is 5.97 Å². The molecule has 0 radical (unpaired) electrons. The van der Waals surface area contributed by atoms with Crippen molar-refractivity contribution in [1.29, 1.82) is 0 Å². The van der Waals surface area contributed by atoms with Gasteiger partial charge in [0.2, 0.25) is 0 Å². The standard InChI is InChI=1S/C12H15F2NO3/c1-12(7-15,6-10(16)17)8-4-2-3-5-9(8)18-11(13)14/h2-5,11H,6-7,15H2,1H3,(H,16,17). The van der Waals surface area contributed by atoms with Crippen molar-refractivity contribution in [2.24, 2.45) is 5.73 Å². The van der Waals surface area contributed by atoms with E-state index in [1.54, 1.807) is 25.1 Å². The molecule has 1 aromatic carbocycles. The van der Waals surface area contributed by atoms with E-state index < -0.39 is 18.0 Å². The van der Waals surface area contributed by atoms with Gasteiger partial charge in [0.1, 0.15) is 5.75 Å². The molecule has 18 heavy (non-hydrogen) atoms. The Morgan fingerprint density at radius 3 is 2.61 bits per heavy atom. The minimum absolute atomic E-state index is 0.0168. The molecule has 0 saturated carbocycles. The predicted molar refractivity (Wildman–Crippen MR) is 61.7 cm³/mol. The number of hydrogen-bond donors (Lipinski definition) is 2. The van der Waals surface area contributed by atoms with E-state index in [-0.39, 0.29) is 18.7 Å². The quantitative estimate of drug-likeness (QED) is 0.819. The lowest BCUT2D eigenvalue weighted by atomic mass is 9.79. The van der Waals surface area contributed by atoms with Crippen molar-refractivity contribution in [2.45, 2.75) is 25.4 Å². The van der Waals surface area contributed by atoms with Gasteiger partial charge in [0.05, 0.1) is 6.42 Å². The zero-order chi connectivity index (χ0) is 13.8. The van der Waals surface area contributed by atoms with E-state index in [9.17, 15) is 13.6 Å². The summed E-state index contributed by atoms with van der Waals surface area (Å²) in [6, 6.07) is 6.09. The second-order valence-corrected chi connectivity index (χ2v) is 4.21. The average molecular weight is 259 g/mol. The van der Waals surface area contributed by atoms with E-state index in [0.717, 1.165) is 0 Å². The average Bonchev–Trinajstić information content (AvgIpc) is 2.27. The van der Waals surface area contributed by atoms with Crippen molar-refractivity contribution in [3.05, 3.63) is 29.8 Å². The third-order valence-electron chi connectivity index (χ3n) is 2.75. The van der Waals surface area contributed by atoms with Gasteiger partial charge in [0.15, 0.2) is 0 Å². The first-order valence-corrected chi connectivity index (χ1v) is 5.35. The Bertz CT molecular complexity index is 426. The third kappa shape index (κ3) is 3.40. The molecule has 6 heteroatoms. The SMILES string of the molecule is CC(CN)(CC(=O)O)c1ccccc1OC(F)F. The summed E-state index contributed by atoms with van der Waals surface area (Å²) in [4.78, 5) is 10.8. The Labute approximate surface area is 103 Å². The Hall–Kier alpha value is -1.69. The van der Waals surface area contributed by atoms with Gasteiger partial charge >= 0.3 is 12.6 Å². The van der Waals surface area contributed by atoms with Crippen molar-refractivity contribution < 1.29 is 23.4 Å². The molecule has 1 atom stereocenters. The summed E-state index contributed by atoms with van der Waals surface area (Å²) in [7, 11) is 0. The maximum absolute atomic E-state index is 12.3. The van der Waals surface area contributed by atoms with Gasteiger partial charge in [-0.25, -0.2) is 0 Å². The highest BCUT2D eigenvalue weighted by atomic mass is 19.3. The normalized spacial score (nSPS) is 14.3. The molecule has 1 rings (SSSR count). The van der Waals surface area contributed by atoms with E-state index in [2.05, 4.69) is 4.74 Å². The van der Waals surface area contributed by atoms with Crippen molar-refractivity contribution in [2.75, 3.05) is 6.54 Å². The van der Waals surface area contributed by atoms with Gasteiger partial charge in [0.25, 0.3) is 0 Å². The Morgan fingerprint density at radius 1 is 1.50 bits per heavy atom. The molecule has 0 amide bonds. The topological polar surface area (TPSA) is 72.6 Å². The van der Waals surface area contributed by atoms with Crippen LogP contribution in [0.4, 0.5) is 8.78 Å². The molecule has 100 valence electrons. The van der Waals surface area contributed by atoms with Crippen LogP contribution in [-0.4, -0.2) is 24.2 Å². The summed E-state index contributed by atoms with van der Waals surface area (Å²) >= 11 is 0. The molecule has 0 fully saturated rings. The van der Waals surface area contributed by atoms with Crippen molar-refractivity contribution in [1.82, 2.24) is 0 Å². The lowest BCUT2D eigenvalue weighted by Gasteiger charge is -2.28. The summed E-state index contributed by atoms with van der Waals surface area (Å²) in [5, 5.41) is 8.87. The first kappa shape index (κ1) is 14.4. The molecule has 0 aromatic heterocycles. The first-order valence-electron chi connectivity index (χ1n) is 5.35. The lowest BCUT2D eigenvalue weighted by molar-refractivity contribution is -0.138. The molecule has 0 spiro atoms. The number of carboxylic acids is 1. The van der Waals surface area contributed by atoms with E-state index in [4.69, 9.17) is 10.8 Å². The van der Waals surface area contributed by atoms with Gasteiger partial charge in [-0.3, -0.25) is 4.79 Å². The number of nitrogens with two attached hydrogens (primary N) is 1. The zero-order valence-corrected chi connectivity index (χ0v) is 9.90. The fourth-order valence-corrected chi connectivity index (χ4v) is 1.78. The van der Waals surface area contributed by atoms with Crippen LogP contribution in [-0.2, 0) is 10.2 Å². The highest BCUT2D eigenvalue weighted by molar-refractivity contribution is 5.69. The van der Waals surface area contributed by atoms with Crippen LogP contribution in [0.25, 0.3) is 0 Å². The van der Waals surface area contributed by atoms with E-state index >= 15 is 0 Å². The van der Waals surface area contributed by atoms with Crippen LogP contribution >= 0.6 is 0 Å². The molecule has 0 saturated heterocycles. The summed E-state index contributed by atoms with van der Waals surface area (Å²) in [6.07, 6.45) is -0.257. The summed E-state index contributed by atoms with van der Waals surface area (Å²) < 4.78 is 29.0. The smallest absolute Gasteiger partial charge is 0.387 e. The zero-order valence-electron chi connectivity index (χ0n) is 9.90. The molecule has 3 N–H and O–H groups in total. The van der Waals surface area contributed by atoms with E-state index in [0.29, 0.717) is 5.56 Å².